The van der Waals surface area contributed by atoms with Crippen LogP contribution in [0.4, 0.5) is 0 Å². The molecule has 0 aromatic heterocycles. The predicted octanol–water partition coefficient (Wildman–Crippen LogP) is 3.58. The molecule has 0 bridgehead atoms. The molecule has 17 heavy (non-hydrogen) atoms. The maximum Gasteiger partial charge on any atom is 0.105 e. The van der Waals surface area contributed by atoms with Crippen molar-refractivity contribution in [3.8, 4) is 0 Å². The van der Waals surface area contributed by atoms with Crippen LogP contribution in [-0.2, 0) is 0 Å². The van der Waals surface area contributed by atoms with E-state index in [2.05, 4.69) is 46.5 Å². The number of nitrogens with zero attached hydrogens (tertiary/aromatic N) is 2. The molecule has 0 rings (SSSR count). The van der Waals surface area contributed by atoms with Crippen LogP contribution < -0.4 is 5.84 Å². The van der Waals surface area contributed by atoms with Gasteiger partial charge in [-0.2, -0.15) is 0 Å². The normalized spacial score (nSPS) is 14.5. The van der Waals surface area contributed by atoms with Gasteiger partial charge in [-0.1, -0.05) is 47.6 Å². The molecule has 3 nitrogen and oxygen atoms in total. The van der Waals surface area contributed by atoms with Crippen LogP contribution in [0.5, 0.6) is 0 Å². The highest BCUT2D eigenvalue weighted by molar-refractivity contribution is 5.55. The van der Waals surface area contributed by atoms with Gasteiger partial charge in [-0.3, -0.25) is 0 Å². The molecule has 0 aliphatic carbocycles. The minimum Gasteiger partial charge on any atom is -0.300 e. The average molecular weight is 239 g/mol. The molecule has 0 heterocycles. The molecule has 0 aromatic carbocycles. The minimum atomic E-state index is 0.181. The van der Waals surface area contributed by atoms with E-state index in [4.69, 9.17) is 5.84 Å². The summed E-state index contributed by atoms with van der Waals surface area (Å²) in [5.74, 6) is 5.88. The third-order valence-corrected chi connectivity index (χ3v) is 2.07. The van der Waals surface area contributed by atoms with Gasteiger partial charge in [-0.25, -0.2) is 10.8 Å². The number of allylic oxidation sites excluding steroid dienone is 2. The lowest BCUT2D eigenvalue weighted by Gasteiger charge is -2.24. The summed E-state index contributed by atoms with van der Waals surface area (Å²) in [6.07, 6.45) is 4.74. The Labute approximate surface area is 107 Å². The second-order valence-corrected chi connectivity index (χ2v) is 7.00. The molecular formula is C14H29N3. The van der Waals surface area contributed by atoms with Gasteiger partial charge in [0.25, 0.3) is 0 Å². The van der Waals surface area contributed by atoms with E-state index in [0.29, 0.717) is 0 Å². The van der Waals surface area contributed by atoms with Crippen molar-refractivity contribution in [2.24, 2.45) is 21.7 Å². The molecule has 0 radical (unpaired) electrons. The fourth-order valence-corrected chi connectivity index (χ4v) is 1.50. The van der Waals surface area contributed by atoms with Gasteiger partial charge in [0, 0.05) is 12.2 Å². The van der Waals surface area contributed by atoms with Crippen LogP contribution in [0.25, 0.3) is 0 Å². The molecule has 0 saturated carbocycles. The van der Waals surface area contributed by atoms with Gasteiger partial charge in [-0.05, 0) is 24.2 Å². The third-order valence-electron chi connectivity index (χ3n) is 2.07. The summed E-state index contributed by atoms with van der Waals surface area (Å²) < 4.78 is 0. The lowest BCUT2D eigenvalue weighted by atomic mass is 9.90. The van der Waals surface area contributed by atoms with Crippen LogP contribution in [0.3, 0.4) is 0 Å². The summed E-state index contributed by atoms with van der Waals surface area (Å²) >= 11 is 0. The lowest BCUT2D eigenvalue weighted by molar-refractivity contribution is 0.285. The zero-order chi connectivity index (χ0) is 13.7. The average Bonchev–Trinajstić information content (AvgIpc) is 2.07. The predicted molar refractivity (Wildman–Crippen MR) is 76.7 cm³/mol. The lowest BCUT2D eigenvalue weighted by Crippen LogP contribution is -2.37. The zero-order valence-corrected chi connectivity index (χ0v) is 12.5. The number of nitrogens with two attached hydrogens (primary N) is 1. The molecule has 0 amide bonds. The van der Waals surface area contributed by atoms with Gasteiger partial charge in [-0.15, -0.1) is 0 Å². The van der Waals surface area contributed by atoms with Crippen molar-refractivity contribution in [1.82, 2.24) is 5.01 Å². The van der Waals surface area contributed by atoms with Gasteiger partial charge in [0.1, 0.15) is 6.34 Å². The molecule has 0 unspecified atom stereocenters. The van der Waals surface area contributed by atoms with Crippen molar-refractivity contribution in [1.29, 1.82) is 0 Å². The number of hydrazine groups is 1. The van der Waals surface area contributed by atoms with Crippen LogP contribution in [0.1, 0.15) is 54.9 Å². The minimum absolute atomic E-state index is 0.181. The third kappa shape index (κ3) is 10.1. The molecule has 0 fully saturated rings. The van der Waals surface area contributed by atoms with Gasteiger partial charge in [0.05, 0.1) is 0 Å². The first-order valence-corrected chi connectivity index (χ1v) is 6.24. The fourth-order valence-electron chi connectivity index (χ4n) is 1.50. The second kappa shape index (κ2) is 6.20. The molecule has 0 aromatic rings. The number of rotatable bonds is 4. The largest absolute Gasteiger partial charge is 0.300 e. The van der Waals surface area contributed by atoms with E-state index in [-0.39, 0.29) is 10.8 Å². The topological polar surface area (TPSA) is 41.6 Å². The number of aliphatic imine (C=N–C) groups is 1. The van der Waals surface area contributed by atoms with E-state index in [9.17, 15) is 0 Å². The van der Waals surface area contributed by atoms with Gasteiger partial charge >= 0.3 is 0 Å². The summed E-state index contributed by atoms with van der Waals surface area (Å²) in [6.45, 7) is 15.9. The highest BCUT2D eigenvalue weighted by Crippen LogP contribution is 2.24. The fraction of sp³-hybridized carbons (Fsp3) is 0.786. The van der Waals surface area contributed by atoms with Gasteiger partial charge in [0.15, 0.2) is 0 Å². The molecule has 100 valence electrons. The summed E-state index contributed by atoms with van der Waals surface area (Å²) in [4.78, 5) is 4.45. The summed E-state index contributed by atoms with van der Waals surface area (Å²) in [6, 6.07) is 0. The van der Waals surface area contributed by atoms with Crippen molar-refractivity contribution < 1.29 is 0 Å². The Morgan fingerprint density at radius 1 is 1.12 bits per heavy atom. The van der Waals surface area contributed by atoms with E-state index >= 15 is 0 Å². The molecule has 2 N–H and O–H groups in total. The Bertz CT molecular complexity index is 277. The van der Waals surface area contributed by atoms with Crippen molar-refractivity contribution >= 4 is 6.34 Å². The first kappa shape index (κ1) is 16.2. The second-order valence-electron chi connectivity index (χ2n) is 7.00. The number of hydrogen-bond acceptors (Lipinski definition) is 2. The Kier molecular flexibility index (Phi) is 5.89. The summed E-state index contributed by atoms with van der Waals surface area (Å²) in [5.41, 5.74) is 1.52. The highest BCUT2D eigenvalue weighted by atomic mass is 15.4. The van der Waals surface area contributed by atoms with Crippen LogP contribution in [0.2, 0.25) is 0 Å². The van der Waals surface area contributed by atoms with Crippen molar-refractivity contribution in [2.75, 3.05) is 6.54 Å². The first-order valence-electron chi connectivity index (χ1n) is 6.24. The SMILES string of the molecule is C/C=C(/CC(C)(C)C)N=CN(N)CC(C)(C)C. The van der Waals surface area contributed by atoms with Crippen molar-refractivity contribution in [2.45, 2.75) is 54.9 Å². The van der Waals surface area contributed by atoms with Crippen LogP contribution in [0.15, 0.2) is 16.8 Å². The Balaban J connectivity index is 4.39. The standard InChI is InChI=1S/C14H29N3/c1-8-12(9-13(2,3)4)16-11-17(15)10-14(5,6)7/h8,11H,9-10,15H2,1-7H3/b12-8-,16-11?. The van der Waals surface area contributed by atoms with E-state index in [1.54, 1.807) is 11.3 Å². The maximum atomic E-state index is 5.88. The molecule has 0 atom stereocenters. The molecular weight excluding hydrogens is 210 g/mol. The highest BCUT2D eigenvalue weighted by Gasteiger charge is 2.14. The van der Waals surface area contributed by atoms with Gasteiger partial charge in [0.2, 0.25) is 0 Å². The van der Waals surface area contributed by atoms with Crippen LogP contribution in [-0.4, -0.2) is 17.9 Å². The van der Waals surface area contributed by atoms with Crippen molar-refractivity contribution in [3.63, 3.8) is 0 Å². The Morgan fingerprint density at radius 3 is 2.00 bits per heavy atom. The summed E-state index contributed by atoms with van der Waals surface area (Å²) in [5, 5.41) is 1.66. The van der Waals surface area contributed by atoms with Crippen LogP contribution in [0, 0.1) is 10.8 Å². The smallest absolute Gasteiger partial charge is 0.105 e. The molecule has 0 saturated heterocycles. The molecule has 0 aliphatic heterocycles. The van der Waals surface area contributed by atoms with Gasteiger partial charge < -0.3 is 5.01 Å². The molecule has 0 aliphatic rings. The van der Waals surface area contributed by atoms with E-state index in [1.807, 2.05) is 13.0 Å². The summed E-state index contributed by atoms with van der Waals surface area (Å²) in [7, 11) is 0. The van der Waals surface area contributed by atoms with Crippen LogP contribution >= 0.6 is 0 Å². The quantitative estimate of drug-likeness (QED) is 0.352. The maximum absolute atomic E-state index is 5.88. The molecule has 0 spiro atoms. The van der Waals surface area contributed by atoms with E-state index in [0.717, 1.165) is 18.7 Å². The monoisotopic (exact) mass is 239 g/mol. The van der Waals surface area contributed by atoms with E-state index in [1.165, 1.54) is 0 Å². The molecule has 3 heteroatoms. The zero-order valence-electron chi connectivity index (χ0n) is 12.5. The Hall–Kier alpha value is -0.830. The Morgan fingerprint density at radius 2 is 1.65 bits per heavy atom. The number of hydrogen-bond donors (Lipinski definition) is 1. The van der Waals surface area contributed by atoms with E-state index < -0.39 is 0 Å². The first-order chi connectivity index (χ1) is 7.53. The van der Waals surface area contributed by atoms with Crippen molar-refractivity contribution in [3.05, 3.63) is 11.8 Å².